The first kappa shape index (κ1) is 16.3. The van der Waals surface area contributed by atoms with Crippen molar-refractivity contribution in [2.75, 3.05) is 13.2 Å². The fraction of sp³-hybridized carbons (Fsp3) is 0.529. The number of benzene rings is 1. The lowest BCUT2D eigenvalue weighted by atomic mass is 9.86. The average molecular weight is 304 g/mol. The number of amides is 2. The van der Waals surface area contributed by atoms with E-state index in [1.54, 1.807) is 12.1 Å². The van der Waals surface area contributed by atoms with Gasteiger partial charge in [0.2, 0.25) is 5.91 Å². The second-order valence-electron chi connectivity index (χ2n) is 5.81. The number of nitrogens with one attached hydrogen (secondary N) is 2. The molecule has 1 saturated carbocycles. The van der Waals surface area contributed by atoms with E-state index in [1.807, 2.05) is 18.2 Å². The first-order chi connectivity index (χ1) is 10.6. The maximum absolute atomic E-state index is 11.9. The molecule has 0 aromatic heterocycles. The average Bonchev–Trinajstić information content (AvgIpc) is 2.54. The van der Waals surface area contributed by atoms with E-state index in [1.165, 1.54) is 6.42 Å². The zero-order valence-corrected chi connectivity index (χ0v) is 13.0. The van der Waals surface area contributed by atoms with Gasteiger partial charge in [-0.25, -0.2) is 0 Å². The van der Waals surface area contributed by atoms with E-state index >= 15 is 0 Å². The molecule has 1 aliphatic rings. The highest BCUT2D eigenvalue weighted by Crippen LogP contribution is 2.23. The minimum absolute atomic E-state index is 0.000201. The van der Waals surface area contributed by atoms with E-state index in [0.29, 0.717) is 11.7 Å². The van der Waals surface area contributed by atoms with Gasteiger partial charge >= 0.3 is 0 Å². The second kappa shape index (κ2) is 8.41. The van der Waals surface area contributed by atoms with Gasteiger partial charge in [-0.3, -0.25) is 9.59 Å². The predicted molar refractivity (Wildman–Crippen MR) is 84.5 cm³/mol. The van der Waals surface area contributed by atoms with Gasteiger partial charge in [0.1, 0.15) is 5.75 Å². The molecule has 2 atom stereocenters. The van der Waals surface area contributed by atoms with Crippen LogP contribution < -0.4 is 15.4 Å². The molecule has 0 radical (unpaired) electrons. The van der Waals surface area contributed by atoms with Crippen molar-refractivity contribution in [3.8, 4) is 5.75 Å². The zero-order chi connectivity index (χ0) is 15.8. The number of hydrogen-bond donors (Lipinski definition) is 2. The molecule has 1 aromatic carbocycles. The van der Waals surface area contributed by atoms with Crippen molar-refractivity contribution in [2.45, 2.75) is 38.6 Å². The summed E-state index contributed by atoms with van der Waals surface area (Å²) in [5.74, 6) is 0.718. The summed E-state index contributed by atoms with van der Waals surface area (Å²) < 4.78 is 5.32. The van der Waals surface area contributed by atoms with Gasteiger partial charge in [0.25, 0.3) is 5.91 Å². The van der Waals surface area contributed by atoms with Crippen molar-refractivity contribution in [3.05, 3.63) is 30.3 Å². The van der Waals surface area contributed by atoms with Crippen molar-refractivity contribution in [2.24, 2.45) is 5.92 Å². The summed E-state index contributed by atoms with van der Waals surface area (Å²) in [4.78, 5) is 23.5. The molecule has 5 nitrogen and oxygen atoms in total. The van der Waals surface area contributed by atoms with Crippen LogP contribution in [0.2, 0.25) is 0 Å². The van der Waals surface area contributed by atoms with Crippen molar-refractivity contribution < 1.29 is 14.3 Å². The molecular formula is C17H24N2O3. The molecule has 0 spiro atoms. The standard InChI is InChI=1S/C17H24N2O3/c1-13-7-5-6-10-15(13)19-16(20)11-18-17(21)12-22-14-8-3-2-4-9-14/h2-4,8-9,13,15H,5-7,10-12H2,1H3,(H,18,21)(H,19,20)/t13-,15-/m1/s1. The van der Waals surface area contributed by atoms with E-state index < -0.39 is 0 Å². The van der Waals surface area contributed by atoms with Crippen molar-refractivity contribution in [3.63, 3.8) is 0 Å². The molecule has 5 heteroatoms. The Morgan fingerprint density at radius 1 is 1.14 bits per heavy atom. The second-order valence-corrected chi connectivity index (χ2v) is 5.81. The number of para-hydroxylation sites is 1. The van der Waals surface area contributed by atoms with Crippen molar-refractivity contribution in [1.29, 1.82) is 0 Å². The molecule has 0 bridgehead atoms. The van der Waals surface area contributed by atoms with Crippen LogP contribution >= 0.6 is 0 Å². The Morgan fingerprint density at radius 2 is 1.86 bits per heavy atom. The van der Waals surface area contributed by atoms with Gasteiger partial charge in [0.05, 0.1) is 6.54 Å². The topological polar surface area (TPSA) is 67.4 Å². The van der Waals surface area contributed by atoms with Crippen LogP contribution in [0.15, 0.2) is 30.3 Å². The van der Waals surface area contributed by atoms with Crippen LogP contribution in [0.3, 0.4) is 0 Å². The Hall–Kier alpha value is -2.04. The summed E-state index contributed by atoms with van der Waals surface area (Å²) in [5.41, 5.74) is 0. The van der Waals surface area contributed by atoms with Gasteiger partial charge in [0, 0.05) is 6.04 Å². The number of rotatable bonds is 6. The fourth-order valence-corrected chi connectivity index (χ4v) is 2.68. The maximum Gasteiger partial charge on any atom is 0.258 e. The summed E-state index contributed by atoms with van der Waals surface area (Å²) in [6, 6.07) is 9.36. The molecule has 0 saturated heterocycles. The summed E-state index contributed by atoms with van der Waals surface area (Å²) >= 11 is 0. The molecule has 2 N–H and O–H groups in total. The molecule has 0 aliphatic heterocycles. The number of carbonyl (C=O) groups is 2. The molecule has 1 fully saturated rings. The van der Waals surface area contributed by atoms with Gasteiger partial charge in [-0.15, -0.1) is 0 Å². The SMILES string of the molecule is C[C@@H]1CCCC[C@H]1NC(=O)CNC(=O)COc1ccccc1. The Balaban J connectivity index is 1.64. The van der Waals surface area contributed by atoms with Crippen LogP contribution in [0.1, 0.15) is 32.6 Å². The lowest BCUT2D eigenvalue weighted by molar-refractivity contribution is -0.127. The van der Waals surface area contributed by atoms with E-state index in [4.69, 9.17) is 4.74 Å². The van der Waals surface area contributed by atoms with Gasteiger partial charge < -0.3 is 15.4 Å². The summed E-state index contributed by atoms with van der Waals surface area (Å²) in [6.45, 7) is 2.08. The lowest BCUT2D eigenvalue weighted by Gasteiger charge is -2.29. The molecule has 0 heterocycles. The Morgan fingerprint density at radius 3 is 2.59 bits per heavy atom. The molecule has 2 amide bonds. The van der Waals surface area contributed by atoms with Crippen LogP contribution in [0.4, 0.5) is 0 Å². The smallest absolute Gasteiger partial charge is 0.258 e. The van der Waals surface area contributed by atoms with E-state index in [-0.39, 0.29) is 31.0 Å². The first-order valence-corrected chi connectivity index (χ1v) is 7.89. The lowest BCUT2D eigenvalue weighted by Crippen LogP contribution is -2.46. The number of carbonyl (C=O) groups excluding carboxylic acids is 2. The van der Waals surface area contributed by atoms with Crippen LogP contribution in [0, 0.1) is 5.92 Å². The highest BCUT2D eigenvalue weighted by molar-refractivity contribution is 5.85. The molecule has 120 valence electrons. The minimum Gasteiger partial charge on any atom is -0.484 e. The summed E-state index contributed by atoms with van der Waals surface area (Å²) in [7, 11) is 0. The molecule has 1 aromatic rings. The van der Waals surface area contributed by atoms with Crippen molar-refractivity contribution >= 4 is 11.8 Å². The summed E-state index contributed by atoms with van der Waals surface area (Å²) in [5, 5.41) is 5.58. The third-order valence-electron chi connectivity index (χ3n) is 4.02. The third kappa shape index (κ3) is 5.39. The van der Waals surface area contributed by atoms with Crippen LogP contribution in [0.5, 0.6) is 5.75 Å². The zero-order valence-electron chi connectivity index (χ0n) is 13.0. The normalized spacial score (nSPS) is 21.0. The predicted octanol–water partition coefficient (Wildman–Crippen LogP) is 1.88. The number of hydrogen-bond acceptors (Lipinski definition) is 3. The van der Waals surface area contributed by atoms with Gasteiger partial charge in [-0.1, -0.05) is 38.0 Å². The monoisotopic (exact) mass is 304 g/mol. The quantitative estimate of drug-likeness (QED) is 0.843. The molecule has 2 rings (SSSR count). The largest absolute Gasteiger partial charge is 0.484 e. The first-order valence-electron chi connectivity index (χ1n) is 7.89. The summed E-state index contributed by atoms with van der Waals surface area (Å²) in [6.07, 6.45) is 4.58. The van der Waals surface area contributed by atoms with Crippen molar-refractivity contribution in [1.82, 2.24) is 10.6 Å². The molecular weight excluding hydrogens is 280 g/mol. The molecule has 0 unspecified atom stereocenters. The van der Waals surface area contributed by atoms with E-state index in [0.717, 1.165) is 19.3 Å². The third-order valence-corrected chi connectivity index (χ3v) is 4.02. The Labute approximate surface area is 131 Å². The highest BCUT2D eigenvalue weighted by Gasteiger charge is 2.22. The Kier molecular flexibility index (Phi) is 6.25. The maximum atomic E-state index is 11.9. The van der Waals surface area contributed by atoms with Crippen LogP contribution in [-0.4, -0.2) is 31.0 Å². The van der Waals surface area contributed by atoms with Gasteiger partial charge in [-0.2, -0.15) is 0 Å². The van der Waals surface area contributed by atoms with Gasteiger partial charge in [-0.05, 0) is 30.9 Å². The number of ether oxygens (including phenoxy) is 1. The highest BCUT2D eigenvalue weighted by atomic mass is 16.5. The Bertz CT molecular complexity index is 490. The van der Waals surface area contributed by atoms with E-state index in [9.17, 15) is 9.59 Å². The molecule has 22 heavy (non-hydrogen) atoms. The van der Waals surface area contributed by atoms with E-state index in [2.05, 4.69) is 17.6 Å². The van der Waals surface area contributed by atoms with Crippen LogP contribution in [0.25, 0.3) is 0 Å². The minimum atomic E-state index is -0.296. The molecule has 1 aliphatic carbocycles. The fourth-order valence-electron chi connectivity index (χ4n) is 2.68. The van der Waals surface area contributed by atoms with Gasteiger partial charge in [0.15, 0.2) is 6.61 Å². The van der Waals surface area contributed by atoms with Crippen LogP contribution in [-0.2, 0) is 9.59 Å².